The van der Waals surface area contributed by atoms with Gasteiger partial charge in [0.25, 0.3) is 0 Å². The maximum atomic E-state index is 11.7. The highest BCUT2D eigenvalue weighted by Crippen LogP contribution is 2.15. The molecule has 0 spiro atoms. The third-order valence-corrected chi connectivity index (χ3v) is 2.83. The molecule has 1 aromatic rings. The summed E-state index contributed by atoms with van der Waals surface area (Å²) in [5.41, 5.74) is 3.09. The summed E-state index contributed by atoms with van der Waals surface area (Å²) in [4.78, 5) is 11.7. The average molecular weight is 263 g/mol. The summed E-state index contributed by atoms with van der Waals surface area (Å²) in [6.07, 6.45) is 0.929. The minimum absolute atomic E-state index is 0.141. The average Bonchev–Trinajstić information content (AvgIpc) is 2.33. The van der Waals surface area contributed by atoms with Gasteiger partial charge in [-0.05, 0) is 44.0 Å². The van der Waals surface area contributed by atoms with Crippen molar-refractivity contribution in [2.45, 2.75) is 40.2 Å². The number of benzene rings is 1. The Morgan fingerprint density at radius 1 is 1.21 bits per heavy atom. The molecule has 0 saturated heterocycles. The van der Waals surface area contributed by atoms with Gasteiger partial charge in [0.2, 0.25) is 0 Å². The molecule has 0 atom stereocenters. The maximum absolute atomic E-state index is 11.7. The van der Waals surface area contributed by atoms with E-state index in [-0.39, 0.29) is 6.03 Å². The van der Waals surface area contributed by atoms with Gasteiger partial charge in [0, 0.05) is 18.3 Å². The quantitative estimate of drug-likeness (QED) is 0.691. The predicted molar refractivity (Wildman–Crippen MR) is 80.7 cm³/mol. The largest absolute Gasteiger partial charge is 0.338 e. The molecule has 0 radical (unpaired) electrons. The zero-order chi connectivity index (χ0) is 14.3. The van der Waals surface area contributed by atoms with Crippen LogP contribution in [-0.2, 0) is 0 Å². The Morgan fingerprint density at radius 3 is 2.63 bits per heavy atom. The fourth-order valence-electron chi connectivity index (χ4n) is 1.72. The highest BCUT2D eigenvalue weighted by molar-refractivity contribution is 5.90. The van der Waals surface area contributed by atoms with Crippen LogP contribution < -0.4 is 16.0 Å². The summed E-state index contributed by atoms with van der Waals surface area (Å²) in [5.74, 6) is 0. The van der Waals surface area contributed by atoms with E-state index in [0.717, 1.165) is 29.8 Å². The summed E-state index contributed by atoms with van der Waals surface area (Å²) < 4.78 is 0. The van der Waals surface area contributed by atoms with Gasteiger partial charge in [0.1, 0.15) is 0 Å². The summed E-state index contributed by atoms with van der Waals surface area (Å²) in [6.45, 7) is 9.82. The number of aryl methyl sites for hydroxylation is 2. The van der Waals surface area contributed by atoms with Crippen molar-refractivity contribution in [1.82, 2.24) is 10.6 Å². The highest BCUT2D eigenvalue weighted by Gasteiger charge is 2.03. The number of hydrogen-bond acceptors (Lipinski definition) is 2. The van der Waals surface area contributed by atoms with E-state index in [9.17, 15) is 4.79 Å². The molecule has 106 valence electrons. The fraction of sp³-hybridized carbons (Fsp3) is 0.533. The van der Waals surface area contributed by atoms with E-state index in [1.54, 1.807) is 0 Å². The van der Waals surface area contributed by atoms with Gasteiger partial charge >= 0.3 is 6.03 Å². The number of carbonyl (C=O) groups excluding carboxylic acids is 1. The van der Waals surface area contributed by atoms with E-state index in [1.807, 2.05) is 32.0 Å². The molecule has 4 heteroatoms. The molecule has 0 heterocycles. The van der Waals surface area contributed by atoms with E-state index in [4.69, 9.17) is 0 Å². The van der Waals surface area contributed by atoms with Gasteiger partial charge in [0.15, 0.2) is 0 Å². The van der Waals surface area contributed by atoms with E-state index in [2.05, 4.69) is 29.8 Å². The molecule has 0 unspecified atom stereocenters. The molecule has 0 aliphatic carbocycles. The third-order valence-electron chi connectivity index (χ3n) is 2.83. The Hall–Kier alpha value is -1.55. The molecule has 0 fully saturated rings. The zero-order valence-electron chi connectivity index (χ0n) is 12.3. The molecule has 0 aliphatic heterocycles. The lowest BCUT2D eigenvalue weighted by Crippen LogP contribution is -2.32. The van der Waals surface area contributed by atoms with Crippen molar-refractivity contribution in [1.29, 1.82) is 0 Å². The van der Waals surface area contributed by atoms with Gasteiger partial charge in [0.05, 0.1) is 0 Å². The van der Waals surface area contributed by atoms with Gasteiger partial charge in [-0.3, -0.25) is 0 Å². The van der Waals surface area contributed by atoms with Crippen molar-refractivity contribution in [3.8, 4) is 0 Å². The number of amides is 2. The van der Waals surface area contributed by atoms with Gasteiger partial charge in [-0.25, -0.2) is 4.79 Å². The van der Waals surface area contributed by atoms with Gasteiger partial charge in [-0.2, -0.15) is 0 Å². The number of anilines is 1. The van der Waals surface area contributed by atoms with Crippen molar-refractivity contribution in [2.24, 2.45) is 0 Å². The second-order valence-electron chi connectivity index (χ2n) is 5.16. The molecule has 4 nitrogen and oxygen atoms in total. The third kappa shape index (κ3) is 6.25. The molecule has 1 aromatic carbocycles. The van der Waals surface area contributed by atoms with Gasteiger partial charge < -0.3 is 16.0 Å². The van der Waals surface area contributed by atoms with E-state index in [0.29, 0.717) is 12.6 Å². The lowest BCUT2D eigenvalue weighted by molar-refractivity contribution is 0.252. The Balaban J connectivity index is 2.29. The van der Waals surface area contributed by atoms with Crippen molar-refractivity contribution in [2.75, 3.05) is 18.4 Å². The van der Waals surface area contributed by atoms with Crippen LogP contribution in [0.2, 0.25) is 0 Å². The smallest absolute Gasteiger partial charge is 0.319 e. The number of hydrogen-bond donors (Lipinski definition) is 3. The van der Waals surface area contributed by atoms with E-state index >= 15 is 0 Å². The minimum atomic E-state index is -0.141. The van der Waals surface area contributed by atoms with Crippen molar-refractivity contribution in [3.05, 3.63) is 29.3 Å². The summed E-state index contributed by atoms with van der Waals surface area (Å²) in [7, 11) is 0. The van der Waals surface area contributed by atoms with Crippen LogP contribution >= 0.6 is 0 Å². The fourth-order valence-corrected chi connectivity index (χ4v) is 1.72. The van der Waals surface area contributed by atoms with Crippen molar-refractivity contribution in [3.63, 3.8) is 0 Å². The molecule has 3 N–H and O–H groups in total. The molecule has 2 amide bonds. The normalized spacial score (nSPS) is 10.6. The predicted octanol–water partition coefficient (Wildman–Crippen LogP) is 2.81. The number of urea groups is 1. The van der Waals surface area contributed by atoms with Crippen LogP contribution in [0.5, 0.6) is 0 Å². The van der Waals surface area contributed by atoms with Gasteiger partial charge in [-0.1, -0.05) is 26.0 Å². The number of carbonyl (C=O) groups is 1. The van der Waals surface area contributed by atoms with Crippen LogP contribution in [0.25, 0.3) is 0 Å². The Morgan fingerprint density at radius 2 is 1.95 bits per heavy atom. The molecule has 0 saturated carbocycles. The zero-order valence-corrected chi connectivity index (χ0v) is 12.3. The second-order valence-corrected chi connectivity index (χ2v) is 5.16. The van der Waals surface area contributed by atoms with Crippen molar-refractivity contribution < 1.29 is 4.79 Å². The molecule has 0 aliphatic rings. The van der Waals surface area contributed by atoms with E-state index in [1.165, 1.54) is 0 Å². The van der Waals surface area contributed by atoms with E-state index < -0.39 is 0 Å². The first kappa shape index (κ1) is 15.5. The topological polar surface area (TPSA) is 53.2 Å². The Labute approximate surface area is 116 Å². The first-order valence-corrected chi connectivity index (χ1v) is 6.84. The molecule has 0 bridgehead atoms. The summed E-state index contributed by atoms with van der Waals surface area (Å²) in [6, 6.07) is 6.38. The minimum Gasteiger partial charge on any atom is -0.338 e. The standard InChI is InChI=1S/C15H25N3O/c1-11(2)16-8-5-9-17-15(19)18-14-10-12(3)6-7-13(14)4/h6-7,10-11,16H,5,8-9H2,1-4H3,(H2,17,18,19). The first-order chi connectivity index (χ1) is 8.99. The monoisotopic (exact) mass is 263 g/mol. The van der Waals surface area contributed by atoms with Gasteiger partial charge in [-0.15, -0.1) is 0 Å². The second kappa shape index (κ2) is 7.79. The van der Waals surface area contributed by atoms with Crippen molar-refractivity contribution >= 4 is 11.7 Å². The number of rotatable bonds is 6. The SMILES string of the molecule is Cc1ccc(C)c(NC(=O)NCCCNC(C)C)c1. The Kier molecular flexibility index (Phi) is 6.36. The van der Waals surface area contributed by atoms with Crippen LogP contribution in [0.1, 0.15) is 31.4 Å². The summed E-state index contributed by atoms with van der Waals surface area (Å²) in [5, 5.41) is 9.06. The van der Waals surface area contributed by atoms with Crippen LogP contribution in [0.15, 0.2) is 18.2 Å². The molecule has 19 heavy (non-hydrogen) atoms. The number of nitrogens with one attached hydrogen (secondary N) is 3. The molecular weight excluding hydrogens is 238 g/mol. The van der Waals surface area contributed by atoms with Crippen LogP contribution in [0, 0.1) is 13.8 Å². The summed E-state index contributed by atoms with van der Waals surface area (Å²) >= 11 is 0. The Bertz CT molecular complexity index is 416. The molecule has 0 aromatic heterocycles. The highest BCUT2D eigenvalue weighted by atomic mass is 16.2. The lowest BCUT2D eigenvalue weighted by Gasteiger charge is -2.11. The molecule has 1 rings (SSSR count). The van der Waals surface area contributed by atoms with Crippen LogP contribution in [0.4, 0.5) is 10.5 Å². The first-order valence-electron chi connectivity index (χ1n) is 6.84. The van der Waals surface area contributed by atoms with Crippen LogP contribution in [-0.4, -0.2) is 25.2 Å². The van der Waals surface area contributed by atoms with Crippen LogP contribution in [0.3, 0.4) is 0 Å². The maximum Gasteiger partial charge on any atom is 0.319 e. The lowest BCUT2D eigenvalue weighted by atomic mass is 10.1. The molecular formula is C15H25N3O.